The molecule has 21 heavy (non-hydrogen) atoms. The van der Waals surface area contributed by atoms with Crippen LogP contribution in [0.25, 0.3) is 0 Å². The van der Waals surface area contributed by atoms with Crippen LogP contribution in [0.3, 0.4) is 0 Å². The fourth-order valence-electron chi connectivity index (χ4n) is 1.69. The van der Waals surface area contributed by atoms with E-state index in [1.807, 2.05) is 0 Å². The largest absolute Gasteiger partial charge is 0.383 e. The summed E-state index contributed by atoms with van der Waals surface area (Å²) in [7, 11) is -2.25. The molecule has 0 amide bonds. The number of methoxy groups -OCH3 is 1. The number of benzene rings is 1. The third kappa shape index (κ3) is 4.51. The van der Waals surface area contributed by atoms with Crippen LogP contribution in [0.4, 0.5) is 4.39 Å². The number of rotatable bonds is 6. The van der Waals surface area contributed by atoms with Crippen LogP contribution in [0.5, 0.6) is 0 Å². The second kappa shape index (κ2) is 8.10. The highest BCUT2D eigenvalue weighted by Gasteiger charge is 2.23. The Morgan fingerprint density at radius 2 is 2.14 bits per heavy atom. The van der Waals surface area contributed by atoms with E-state index < -0.39 is 15.8 Å². The van der Waals surface area contributed by atoms with Gasteiger partial charge in [0.05, 0.1) is 23.6 Å². The molecule has 7 heteroatoms. The van der Waals surface area contributed by atoms with Crippen LogP contribution in [0.15, 0.2) is 23.1 Å². The molecule has 1 aromatic rings. The normalized spacial score (nSPS) is 11.3. The molecular formula is C14H19FN2O3S. The molecule has 0 aliphatic rings. The van der Waals surface area contributed by atoms with Gasteiger partial charge in [-0.2, -0.15) is 4.31 Å². The van der Waals surface area contributed by atoms with Crippen molar-refractivity contribution < 1.29 is 17.5 Å². The monoisotopic (exact) mass is 314 g/mol. The van der Waals surface area contributed by atoms with Gasteiger partial charge < -0.3 is 10.5 Å². The first-order valence-electron chi connectivity index (χ1n) is 6.45. The zero-order valence-corrected chi connectivity index (χ0v) is 12.9. The molecule has 0 bridgehead atoms. The summed E-state index contributed by atoms with van der Waals surface area (Å²) in [6.45, 7) is 2.59. The highest BCUT2D eigenvalue weighted by atomic mass is 32.2. The number of likely N-dealkylation sites (N-methyl/N-ethyl adjacent to an activating group) is 1. The van der Waals surface area contributed by atoms with Gasteiger partial charge in [-0.3, -0.25) is 0 Å². The van der Waals surface area contributed by atoms with Crippen molar-refractivity contribution in [2.75, 3.05) is 33.4 Å². The van der Waals surface area contributed by atoms with Crippen molar-refractivity contribution in [1.82, 2.24) is 4.31 Å². The second-order valence-electron chi connectivity index (χ2n) is 4.14. The summed E-state index contributed by atoms with van der Waals surface area (Å²) in [5.74, 6) is 4.40. The molecule has 0 aliphatic carbocycles. The van der Waals surface area contributed by atoms with Gasteiger partial charge in [-0.25, -0.2) is 12.8 Å². The van der Waals surface area contributed by atoms with Crippen LogP contribution in [-0.2, 0) is 14.8 Å². The molecular weight excluding hydrogens is 295 g/mol. The predicted octanol–water partition coefficient (Wildman–Crippen LogP) is 0.793. The molecule has 0 spiro atoms. The number of nitrogens with zero attached hydrogens (tertiary/aromatic N) is 1. The van der Waals surface area contributed by atoms with Gasteiger partial charge in [0.25, 0.3) is 0 Å². The number of nitrogens with two attached hydrogens (primary N) is 1. The van der Waals surface area contributed by atoms with E-state index in [0.29, 0.717) is 0 Å². The van der Waals surface area contributed by atoms with E-state index in [9.17, 15) is 12.8 Å². The lowest BCUT2D eigenvalue weighted by atomic mass is 10.2. The van der Waals surface area contributed by atoms with Gasteiger partial charge in [0.15, 0.2) is 0 Å². The lowest BCUT2D eigenvalue weighted by molar-refractivity contribution is 0.180. The third-order valence-electron chi connectivity index (χ3n) is 2.80. The lowest BCUT2D eigenvalue weighted by Crippen LogP contribution is -2.33. The minimum Gasteiger partial charge on any atom is -0.383 e. The predicted molar refractivity (Wildman–Crippen MR) is 78.6 cm³/mol. The number of sulfonamides is 1. The Bertz CT molecular complexity index is 635. The quantitative estimate of drug-likeness (QED) is 0.788. The molecule has 0 aromatic heterocycles. The Morgan fingerprint density at radius 3 is 2.67 bits per heavy atom. The Hall–Kier alpha value is -1.46. The van der Waals surface area contributed by atoms with Crippen LogP contribution < -0.4 is 5.73 Å². The first-order valence-corrected chi connectivity index (χ1v) is 7.89. The van der Waals surface area contributed by atoms with Crippen molar-refractivity contribution in [1.29, 1.82) is 0 Å². The smallest absolute Gasteiger partial charge is 0.243 e. The van der Waals surface area contributed by atoms with E-state index in [-0.39, 0.29) is 36.7 Å². The van der Waals surface area contributed by atoms with Crippen LogP contribution in [0.1, 0.15) is 12.5 Å². The van der Waals surface area contributed by atoms with Crippen molar-refractivity contribution in [2.45, 2.75) is 11.8 Å². The molecule has 0 aliphatic heterocycles. The van der Waals surface area contributed by atoms with Crippen molar-refractivity contribution in [3.8, 4) is 11.8 Å². The maximum absolute atomic E-state index is 13.9. The Morgan fingerprint density at radius 1 is 1.43 bits per heavy atom. The maximum Gasteiger partial charge on any atom is 0.243 e. The lowest BCUT2D eigenvalue weighted by Gasteiger charge is -2.20. The Labute approximate surface area is 124 Å². The van der Waals surface area contributed by atoms with Crippen LogP contribution in [0.2, 0.25) is 0 Å². The van der Waals surface area contributed by atoms with E-state index in [1.54, 1.807) is 6.92 Å². The van der Waals surface area contributed by atoms with Gasteiger partial charge in [0, 0.05) is 20.2 Å². The molecule has 0 saturated heterocycles. The fourth-order valence-corrected chi connectivity index (χ4v) is 3.14. The topological polar surface area (TPSA) is 72.6 Å². The third-order valence-corrected chi connectivity index (χ3v) is 4.77. The van der Waals surface area contributed by atoms with Gasteiger partial charge in [-0.1, -0.05) is 18.8 Å². The molecule has 0 radical (unpaired) electrons. The zero-order valence-electron chi connectivity index (χ0n) is 12.1. The summed E-state index contributed by atoms with van der Waals surface area (Å²) < 4.78 is 44.8. The highest BCUT2D eigenvalue weighted by Crippen LogP contribution is 2.18. The molecule has 1 aromatic carbocycles. The number of halogens is 1. The average molecular weight is 314 g/mol. The number of hydrogen-bond donors (Lipinski definition) is 1. The van der Waals surface area contributed by atoms with Crippen molar-refractivity contribution in [3.63, 3.8) is 0 Å². The van der Waals surface area contributed by atoms with Gasteiger partial charge in [0.1, 0.15) is 5.82 Å². The van der Waals surface area contributed by atoms with Crippen molar-refractivity contribution >= 4 is 10.0 Å². The van der Waals surface area contributed by atoms with Crippen molar-refractivity contribution in [2.24, 2.45) is 5.73 Å². The Kier molecular flexibility index (Phi) is 6.78. The summed E-state index contributed by atoms with van der Waals surface area (Å²) in [6, 6.07) is 3.66. The summed E-state index contributed by atoms with van der Waals surface area (Å²) in [4.78, 5) is -0.101. The number of ether oxygens (including phenoxy) is 1. The molecule has 0 saturated carbocycles. The average Bonchev–Trinajstić information content (AvgIpc) is 2.46. The van der Waals surface area contributed by atoms with E-state index in [0.717, 1.165) is 6.07 Å². The summed E-state index contributed by atoms with van der Waals surface area (Å²) >= 11 is 0. The molecule has 5 nitrogen and oxygen atoms in total. The van der Waals surface area contributed by atoms with E-state index in [1.165, 1.54) is 23.5 Å². The van der Waals surface area contributed by atoms with E-state index in [2.05, 4.69) is 11.8 Å². The minimum absolute atomic E-state index is 0.101. The van der Waals surface area contributed by atoms with Gasteiger partial charge in [-0.05, 0) is 18.2 Å². The molecule has 2 N–H and O–H groups in total. The van der Waals surface area contributed by atoms with Crippen LogP contribution in [-0.4, -0.2) is 46.1 Å². The Balaban J connectivity index is 3.11. The van der Waals surface area contributed by atoms with Crippen molar-refractivity contribution in [3.05, 3.63) is 29.6 Å². The highest BCUT2D eigenvalue weighted by molar-refractivity contribution is 7.89. The molecule has 116 valence electrons. The summed E-state index contributed by atoms with van der Waals surface area (Å²) in [6.07, 6.45) is 0. The van der Waals surface area contributed by atoms with Crippen LogP contribution >= 0.6 is 0 Å². The zero-order chi connectivity index (χ0) is 15.9. The molecule has 0 atom stereocenters. The van der Waals surface area contributed by atoms with Gasteiger partial charge in [-0.15, -0.1) is 0 Å². The van der Waals surface area contributed by atoms with Gasteiger partial charge in [0.2, 0.25) is 10.0 Å². The summed E-state index contributed by atoms with van der Waals surface area (Å²) in [5, 5.41) is 0. The molecule has 0 unspecified atom stereocenters. The molecule has 0 heterocycles. The molecule has 1 rings (SSSR count). The number of hydrogen-bond acceptors (Lipinski definition) is 4. The second-order valence-corrected chi connectivity index (χ2v) is 6.07. The summed E-state index contributed by atoms with van der Waals surface area (Å²) in [5.41, 5.74) is 5.34. The standard InChI is InChI=1S/C14H19FN2O3S/c1-3-17(9-10-20-2)21(18,19)13-7-6-12(5-4-8-16)14(15)11-13/h6-7,11H,3,8-10,16H2,1-2H3. The first-order chi connectivity index (χ1) is 9.97. The molecule has 0 fully saturated rings. The minimum atomic E-state index is -3.74. The van der Waals surface area contributed by atoms with E-state index >= 15 is 0 Å². The van der Waals surface area contributed by atoms with Gasteiger partial charge >= 0.3 is 0 Å². The fraction of sp³-hybridized carbons (Fsp3) is 0.429. The SMILES string of the molecule is CCN(CCOC)S(=O)(=O)c1ccc(C#CCN)c(F)c1. The van der Waals surface area contributed by atoms with E-state index in [4.69, 9.17) is 10.5 Å². The van der Waals surface area contributed by atoms with Crippen LogP contribution in [0, 0.1) is 17.7 Å². The maximum atomic E-state index is 13.9. The first kappa shape index (κ1) is 17.6.